The molecule has 0 saturated carbocycles. The molecule has 9 heteroatoms. The van der Waals surface area contributed by atoms with Crippen molar-refractivity contribution in [1.82, 2.24) is 30.0 Å². The fourth-order valence-corrected chi connectivity index (χ4v) is 3.44. The molecule has 2 heterocycles. The average molecular weight is 445 g/mol. The summed E-state index contributed by atoms with van der Waals surface area (Å²) in [5.74, 6) is 0.424. The van der Waals surface area contributed by atoms with Gasteiger partial charge in [-0.1, -0.05) is 15.9 Å². The first-order valence-corrected chi connectivity index (χ1v) is 9.70. The number of carbonyl (C=O) groups is 1. The van der Waals surface area contributed by atoms with Crippen LogP contribution in [0.25, 0.3) is 5.69 Å². The van der Waals surface area contributed by atoms with Crippen LogP contribution in [0.1, 0.15) is 16.2 Å². The van der Waals surface area contributed by atoms with Gasteiger partial charge in [-0.15, -0.1) is 5.10 Å². The number of hydrogen-bond donors (Lipinski definition) is 0. The largest absolute Gasteiger partial charge is 0.336 e. The summed E-state index contributed by atoms with van der Waals surface area (Å²) in [6.45, 7) is 3.32. The highest BCUT2D eigenvalue weighted by atomic mass is 79.9. The van der Waals surface area contributed by atoms with E-state index in [1.54, 1.807) is 16.8 Å². The highest BCUT2D eigenvalue weighted by molar-refractivity contribution is 9.10. The van der Waals surface area contributed by atoms with Crippen molar-refractivity contribution in [1.29, 1.82) is 0 Å². The molecule has 0 unspecified atom stereocenters. The number of aromatic nitrogens is 4. The maximum atomic E-state index is 13.1. The predicted octanol–water partition coefficient (Wildman–Crippen LogP) is 2.52. The number of hydrogen-bond acceptors (Lipinski definition) is 5. The van der Waals surface area contributed by atoms with Gasteiger partial charge in [0.2, 0.25) is 0 Å². The normalized spacial score (nSPS) is 15.0. The van der Waals surface area contributed by atoms with Gasteiger partial charge in [-0.3, -0.25) is 9.69 Å². The molecule has 1 amide bonds. The van der Waals surface area contributed by atoms with Crippen molar-refractivity contribution in [2.45, 2.75) is 6.54 Å². The van der Waals surface area contributed by atoms with E-state index in [1.807, 2.05) is 29.2 Å². The third-order valence-corrected chi connectivity index (χ3v) is 5.25. The summed E-state index contributed by atoms with van der Waals surface area (Å²) in [7, 11) is 0. The summed E-state index contributed by atoms with van der Waals surface area (Å²) >= 11 is 3.38. The van der Waals surface area contributed by atoms with E-state index < -0.39 is 0 Å². The zero-order chi connectivity index (χ0) is 19.5. The van der Waals surface area contributed by atoms with Crippen LogP contribution in [0.5, 0.6) is 0 Å². The summed E-state index contributed by atoms with van der Waals surface area (Å²) in [5.41, 5.74) is 1.40. The first-order valence-electron chi connectivity index (χ1n) is 8.90. The maximum Gasteiger partial charge on any atom is 0.253 e. The smallest absolute Gasteiger partial charge is 0.253 e. The van der Waals surface area contributed by atoms with Crippen LogP contribution in [0.15, 0.2) is 53.0 Å². The van der Waals surface area contributed by atoms with Crippen molar-refractivity contribution in [2.75, 3.05) is 26.2 Å². The summed E-state index contributed by atoms with van der Waals surface area (Å²) in [5, 5.41) is 11.9. The molecule has 144 valence electrons. The highest BCUT2D eigenvalue weighted by Gasteiger charge is 2.23. The van der Waals surface area contributed by atoms with Gasteiger partial charge in [0, 0.05) is 36.2 Å². The van der Waals surface area contributed by atoms with Gasteiger partial charge >= 0.3 is 0 Å². The van der Waals surface area contributed by atoms with Gasteiger partial charge in [0.1, 0.15) is 5.82 Å². The first kappa shape index (κ1) is 18.7. The SMILES string of the molecule is O=C(c1ccc(Br)cc1)N1CCN(Cc2nnnn2-c2ccc(F)cc2)CC1. The van der Waals surface area contributed by atoms with Crippen molar-refractivity contribution in [2.24, 2.45) is 0 Å². The molecule has 7 nitrogen and oxygen atoms in total. The monoisotopic (exact) mass is 444 g/mol. The summed E-state index contributed by atoms with van der Waals surface area (Å²) in [6, 6.07) is 13.5. The van der Waals surface area contributed by atoms with Crippen molar-refractivity contribution in [3.8, 4) is 5.69 Å². The van der Waals surface area contributed by atoms with Crippen LogP contribution in [0.4, 0.5) is 4.39 Å². The second-order valence-corrected chi connectivity index (χ2v) is 7.47. The Labute approximate surface area is 169 Å². The van der Waals surface area contributed by atoms with Crippen molar-refractivity contribution in [3.63, 3.8) is 0 Å². The lowest BCUT2D eigenvalue weighted by Crippen LogP contribution is -2.48. The van der Waals surface area contributed by atoms with Gasteiger partial charge in [-0.2, -0.15) is 4.68 Å². The Hall–Kier alpha value is -2.65. The summed E-state index contributed by atoms with van der Waals surface area (Å²) < 4.78 is 15.7. The fourth-order valence-electron chi connectivity index (χ4n) is 3.17. The lowest BCUT2D eigenvalue weighted by Gasteiger charge is -2.34. The quantitative estimate of drug-likeness (QED) is 0.618. The Kier molecular flexibility index (Phi) is 5.45. The molecule has 0 radical (unpaired) electrons. The predicted molar refractivity (Wildman–Crippen MR) is 104 cm³/mol. The first-order chi connectivity index (χ1) is 13.6. The molecule has 1 aliphatic rings. The fraction of sp³-hybridized carbons (Fsp3) is 0.263. The lowest BCUT2D eigenvalue weighted by molar-refractivity contribution is 0.0624. The van der Waals surface area contributed by atoms with Gasteiger partial charge in [0.05, 0.1) is 12.2 Å². The van der Waals surface area contributed by atoms with E-state index in [1.165, 1.54) is 12.1 Å². The minimum Gasteiger partial charge on any atom is -0.336 e. The van der Waals surface area contributed by atoms with Gasteiger partial charge in [0.25, 0.3) is 5.91 Å². The number of rotatable bonds is 4. The van der Waals surface area contributed by atoms with Crippen LogP contribution in [0.3, 0.4) is 0 Å². The molecule has 4 rings (SSSR count). The topological polar surface area (TPSA) is 67.2 Å². The van der Waals surface area contributed by atoms with E-state index in [2.05, 4.69) is 36.4 Å². The third-order valence-electron chi connectivity index (χ3n) is 4.72. The Morgan fingerprint density at radius 2 is 1.68 bits per heavy atom. The van der Waals surface area contributed by atoms with Crippen LogP contribution < -0.4 is 0 Å². The molecule has 1 saturated heterocycles. The van der Waals surface area contributed by atoms with E-state index in [4.69, 9.17) is 0 Å². The molecule has 3 aromatic rings. The van der Waals surface area contributed by atoms with Crippen molar-refractivity contribution >= 4 is 21.8 Å². The van der Waals surface area contributed by atoms with Gasteiger partial charge in [-0.25, -0.2) is 4.39 Å². The van der Waals surface area contributed by atoms with Crippen LogP contribution >= 0.6 is 15.9 Å². The number of tetrazole rings is 1. The summed E-state index contributed by atoms with van der Waals surface area (Å²) in [4.78, 5) is 16.7. The molecule has 0 spiro atoms. The van der Waals surface area contributed by atoms with Gasteiger partial charge in [-0.05, 0) is 59.0 Å². The molecule has 1 fully saturated rings. The van der Waals surface area contributed by atoms with E-state index >= 15 is 0 Å². The molecular formula is C19H18BrFN6O. The zero-order valence-electron chi connectivity index (χ0n) is 15.0. The van der Waals surface area contributed by atoms with Crippen LogP contribution in [-0.4, -0.2) is 62.1 Å². The van der Waals surface area contributed by atoms with Crippen LogP contribution in [0, 0.1) is 5.82 Å². The third kappa shape index (κ3) is 4.10. The maximum absolute atomic E-state index is 13.1. The number of piperazine rings is 1. The van der Waals surface area contributed by atoms with Crippen LogP contribution in [0.2, 0.25) is 0 Å². The van der Waals surface area contributed by atoms with Gasteiger partial charge < -0.3 is 4.90 Å². The second-order valence-electron chi connectivity index (χ2n) is 6.56. The number of nitrogens with zero attached hydrogens (tertiary/aromatic N) is 6. The molecule has 1 aromatic heterocycles. The highest BCUT2D eigenvalue weighted by Crippen LogP contribution is 2.15. The molecular weight excluding hydrogens is 427 g/mol. The number of halogens is 2. The molecule has 0 atom stereocenters. The number of amides is 1. The molecule has 2 aromatic carbocycles. The zero-order valence-corrected chi connectivity index (χ0v) is 16.6. The van der Waals surface area contributed by atoms with E-state index in [-0.39, 0.29) is 11.7 Å². The molecule has 28 heavy (non-hydrogen) atoms. The molecule has 0 N–H and O–H groups in total. The molecule has 0 aliphatic carbocycles. The molecule has 0 bridgehead atoms. The van der Waals surface area contributed by atoms with E-state index in [9.17, 15) is 9.18 Å². The van der Waals surface area contributed by atoms with Gasteiger partial charge in [0.15, 0.2) is 5.82 Å². The Balaban J connectivity index is 1.38. The number of benzene rings is 2. The Morgan fingerprint density at radius 3 is 2.36 bits per heavy atom. The van der Waals surface area contributed by atoms with E-state index in [0.717, 1.165) is 17.6 Å². The van der Waals surface area contributed by atoms with Crippen molar-refractivity contribution in [3.05, 3.63) is 70.2 Å². The van der Waals surface area contributed by atoms with E-state index in [0.29, 0.717) is 36.7 Å². The standard InChI is InChI=1S/C19H18BrFN6O/c20-15-3-1-14(2-4-15)19(28)26-11-9-25(10-12-26)13-18-22-23-24-27(18)17-7-5-16(21)6-8-17/h1-8H,9-13H2. The Bertz CT molecular complexity index is 951. The van der Waals surface area contributed by atoms with Crippen molar-refractivity contribution < 1.29 is 9.18 Å². The minimum absolute atomic E-state index is 0.0447. The number of carbonyl (C=O) groups excluding carboxylic acids is 1. The average Bonchev–Trinajstić information content (AvgIpc) is 3.17. The Morgan fingerprint density at radius 1 is 1.00 bits per heavy atom. The minimum atomic E-state index is -0.301. The van der Waals surface area contributed by atoms with Crippen LogP contribution in [-0.2, 0) is 6.54 Å². The lowest BCUT2D eigenvalue weighted by atomic mass is 10.2. The summed E-state index contributed by atoms with van der Waals surface area (Å²) in [6.07, 6.45) is 0. The molecule has 1 aliphatic heterocycles. The second kappa shape index (κ2) is 8.15.